The fourth-order valence-corrected chi connectivity index (χ4v) is 2.73. The van der Waals surface area contributed by atoms with Crippen LogP contribution >= 0.6 is 11.3 Å². The Morgan fingerprint density at radius 2 is 2.11 bits per heavy atom. The molecular weight excluding hydrogens is 244 g/mol. The molecule has 92 valence electrons. The smallest absolute Gasteiger partial charge is 0.201 e. The quantitative estimate of drug-likeness (QED) is 0.785. The van der Waals surface area contributed by atoms with Gasteiger partial charge < -0.3 is 10.3 Å². The molecule has 0 atom stereocenters. The highest BCUT2D eigenvalue weighted by Gasteiger charge is 2.07. The summed E-state index contributed by atoms with van der Waals surface area (Å²) in [4.78, 5) is 8.82. The number of nitrogens with zero attached hydrogens (tertiary/aromatic N) is 3. The summed E-state index contributed by atoms with van der Waals surface area (Å²) in [5.74, 6) is 0.572. The van der Waals surface area contributed by atoms with E-state index < -0.39 is 0 Å². The molecule has 2 N–H and O–H groups in total. The van der Waals surface area contributed by atoms with E-state index >= 15 is 0 Å². The van der Waals surface area contributed by atoms with Crippen molar-refractivity contribution in [3.8, 4) is 0 Å². The third kappa shape index (κ3) is 1.97. The van der Waals surface area contributed by atoms with Gasteiger partial charge in [-0.25, -0.2) is 9.97 Å². The van der Waals surface area contributed by atoms with Crippen LogP contribution in [0, 0.1) is 6.92 Å². The molecule has 3 aromatic rings. The van der Waals surface area contributed by atoms with Gasteiger partial charge in [0.2, 0.25) is 5.95 Å². The van der Waals surface area contributed by atoms with E-state index in [1.165, 1.54) is 0 Å². The van der Waals surface area contributed by atoms with Gasteiger partial charge in [0.05, 0.1) is 21.7 Å². The molecule has 0 radical (unpaired) electrons. The van der Waals surface area contributed by atoms with Gasteiger partial charge in [-0.3, -0.25) is 0 Å². The highest BCUT2D eigenvalue weighted by atomic mass is 32.1. The van der Waals surface area contributed by atoms with Gasteiger partial charge in [0.15, 0.2) is 0 Å². The highest BCUT2D eigenvalue weighted by molar-refractivity contribution is 7.09. The van der Waals surface area contributed by atoms with Crippen molar-refractivity contribution in [2.24, 2.45) is 0 Å². The average molecular weight is 258 g/mol. The lowest BCUT2D eigenvalue weighted by molar-refractivity contribution is 0.715. The van der Waals surface area contributed by atoms with Gasteiger partial charge in [0.25, 0.3) is 0 Å². The predicted molar refractivity (Wildman–Crippen MR) is 74.7 cm³/mol. The highest BCUT2D eigenvalue weighted by Crippen LogP contribution is 2.18. The third-order valence-electron chi connectivity index (χ3n) is 2.94. The van der Waals surface area contributed by atoms with Crippen molar-refractivity contribution in [1.82, 2.24) is 14.5 Å². The van der Waals surface area contributed by atoms with Crippen molar-refractivity contribution in [2.45, 2.75) is 19.9 Å². The zero-order valence-electron chi connectivity index (χ0n) is 10.1. The lowest BCUT2D eigenvalue weighted by Crippen LogP contribution is -2.05. The second kappa shape index (κ2) is 4.42. The molecule has 0 aliphatic rings. The number of fused-ring (bicyclic) bond motifs is 1. The Morgan fingerprint density at radius 3 is 2.89 bits per heavy atom. The van der Waals surface area contributed by atoms with Crippen LogP contribution in [0.4, 0.5) is 5.95 Å². The number of aryl methyl sites for hydroxylation is 3. The summed E-state index contributed by atoms with van der Waals surface area (Å²) in [6, 6.07) is 8.01. The van der Waals surface area contributed by atoms with Crippen LogP contribution in [-0.4, -0.2) is 14.5 Å². The zero-order chi connectivity index (χ0) is 12.5. The van der Waals surface area contributed by atoms with Crippen LogP contribution in [0.5, 0.6) is 0 Å². The van der Waals surface area contributed by atoms with E-state index in [9.17, 15) is 0 Å². The van der Waals surface area contributed by atoms with Crippen LogP contribution in [0.1, 0.15) is 10.7 Å². The van der Waals surface area contributed by atoms with E-state index in [1.54, 1.807) is 11.3 Å². The molecule has 0 saturated carbocycles. The van der Waals surface area contributed by atoms with Gasteiger partial charge in [-0.2, -0.15) is 0 Å². The molecule has 0 unspecified atom stereocenters. The van der Waals surface area contributed by atoms with Crippen molar-refractivity contribution in [3.05, 3.63) is 40.3 Å². The van der Waals surface area contributed by atoms with Crippen LogP contribution in [0.15, 0.2) is 29.6 Å². The van der Waals surface area contributed by atoms with Gasteiger partial charge in [0, 0.05) is 18.3 Å². The second-order valence-electron chi connectivity index (χ2n) is 4.22. The number of aromatic nitrogens is 3. The Labute approximate surface area is 109 Å². The lowest BCUT2D eigenvalue weighted by Gasteiger charge is -2.04. The van der Waals surface area contributed by atoms with Crippen molar-refractivity contribution in [3.63, 3.8) is 0 Å². The molecule has 0 bridgehead atoms. The summed E-state index contributed by atoms with van der Waals surface area (Å²) in [5.41, 5.74) is 9.11. The predicted octanol–water partition coefficient (Wildman–Crippen LogP) is 2.63. The summed E-state index contributed by atoms with van der Waals surface area (Å²) >= 11 is 1.68. The first-order chi connectivity index (χ1) is 8.74. The average Bonchev–Trinajstić information content (AvgIpc) is 2.90. The molecule has 2 aromatic heterocycles. The second-order valence-corrected chi connectivity index (χ2v) is 5.28. The van der Waals surface area contributed by atoms with Crippen LogP contribution in [0.25, 0.3) is 11.0 Å². The molecule has 4 nitrogen and oxygen atoms in total. The van der Waals surface area contributed by atoms with Crippen molar-refractivity contribution >= 4 is 28.3 Å². The number of nitrogens with two attached hydrogens (primary N) is 1. The zero-order valence-corrected chi connectivity index (χ0v) is 10.9. The summed E-state index contributed by atoms with van der Waals surface area (Å²) in [7, 11) is 0. The number of hydrogen-bond donors (Lipinski definition) is 1. The van der Waals surface area contributed by atoms with Crippen LogP contribution in [-0.2, 0) is 13.0 Å². The van der Waals surface area contributed by atoms with Gasteiger partial charge in [-0.15, -0.1) is 11.3 Å². The molecule has 3 rings (SSSR count). The fourth-order valence-electron chi connectivity index (χ4n) is 2.08. The SMILES string of the molecule is Cc1nc(CCn2c(N)nc3ccccc32)cs1. The number of nitrogen functional groups attached to an aromatic ring is 1. The molecule has 0 aliphatic heterocycles. The molecule has 5 heteroatoms. The van der Waals surface area contributed by atoms with Crippen LogP contribution < -0.4 is 5.73 Å². The maximum absolute atomic E-state index is 5.96. The van der Waals surface area contributed by atoms with Crippen LogP contribution in [0.3, 0.4) is 0 Å². The molecule has 0 amide bonds. The van der Waals surface area contributed by atoms with E-state index in [1.807, 2.05) is 35.8 Å². The van der Waals surface area contributed by atoms with Gasteiger partial charge in [-0.1, -0.05) is 12.1 Å². The Balaban J connectivity index is 1.88. The first kappa shape index (κ1) is 11.2. The lowest BCUT2D eigenvalue weighted by atomic mass is 10.3. The molecule has 18 heavy (non-hydrogen) atoms. The van der Waals surface area contributed by atoms with Crippen molar-refractivity contribution in [2.75, 3.05) is 5.73 Å². The standard InChI is InChI=1S/C13H14N4S/c1-9-15-10(8-18-9)6-7-17-12-5-3-2-4-11(12)16-13(17)14/h2-5,8H,6-7H2,1H3,(H2,14,16). The van der Waals surface area contributed by atoms with Gasteiger partial charge in [0.1, 0.15) is 0 Å². The number of imidazole rings is 1. The van der Waals surface area contributed by atoms with Crippen LogP contribution in [0.2, 0.25) is 0 Å². The van der Waals surface area contributed by atoms with E-state index in [-0.39, 0.29) is 0 Å². The van der Waals surface area contributed by atoms with E-state index in [2.05, 4.69) is 15.3 Å². The van der Waals surface area contributed by atoms with Gasteiger partial charge >= 0.3 is 0 Å². The largest absolute Gasteiger partial charge is 0.369 e. The topological polar surface area (TPSA) is 56.7 Å². The molecule has 1 aromatic carbocycles. The number of para-hydroxylation sites is 2. The summed E-state index contributed by atoms with van der Waals surface area (Å²) in [5, 5.41) is 3.21. The fraction of sp³-hybridized carbons (Fsp3) is 0.231. The number of rotatable bonds is 3. The van der Waals surface area contributed by atoms with Crippen molar-refractivity contribution in [1.29, 1.82) is 0 Å². The molecule has 2 heterocycles. The number of anilines is 1. The Kier molecular flexibility index (Phi) is 2.76. The van der Waals surface area contributed by atoms with E-state index in [0.29, 0.717) is 5.95 Å². The maximum atomic E-state index is 5.96. The van der Waals surface area contributed by atoms with Crippen molar-refractivity contribution < 1.29 is 0 Å². The molecule has 0 saturated heterocycles. The maximum Gasteiger partial charge on any atom is 0.201 e. The van der Waals surface area contributed by atoms with E-state index in [0.717, 1.165) is 34.7 Å². The Morgan fingerprint density at radius 1 is 1.28 bits per heavy atom. The number of hydrogen-bond acceptors (Lipinski definition) is 4. The summed E-state index contributed by atoms with van der Waals surface area (Å²) in [6.45, 7) is 2.84. The minimum Gasteiger partial charge on any atom is -0.369 e. The Bertz CT molecular complexity index is 683. The third-order valence-corrected chi connectivity index (χ3v) is 3.76. The molecule has 0 aliphatic carbocycles. The molecular formula is C13H14N4S. The monoisotopic (exact) mass is 258 g/mol. The first-order valence-corrected chi connectivity index (χ1v) is 6.74. The minimum absolute atomic E-state index is 0.572. The molecule has 0 spiro atoms. The first-order valence-electron chi connectivity index (χ1n) is 5.86. The molecule has 0 fully saturated rings. The summed E-state index contributed by atoms with van der Waals surface area (Å²) in [6.07, 6.45) is 0.884. The number of thiazole rings is 1. The normalized spacial score (nSPS) is 11.2. The Hall–Kier alpha value is -1.88. The van der Waals surface area contributed by atoms with Gasteiger partial charge in [-0.05, 0) is 19.1 Å². The van der Waals surface area contributed by atoms with E-state index in [4.69, 9.17) is 5.73 Å². The minimum atomic E-state index is 0.572. The summed E-state index contributed by atoms with van der Waals surface area (Å²) < 4.78 is 2.05. The number of benzene rings is 1.